The molecule has 2 heteroatoms. The lowest BCUT2D eigenvalue weighted by atomic mass is 10.0. The van der Waals surface area contributed by atoms with Gasteiger partial charge in [-0.25, -0.2) is 0 Å². The first-order valence-corrected chi connectivity index (χ1v) is 5.79. The Labute approximate surface area is 95.4 Å². The van der Waals surface area contributed by atoms with E-state index in [4.69, 9.17) is 4.79 Å². The molecule has 15 heavy (non-hydrogen) atoms. The number of unbranched alkanes of at least 4 members (excludes halogenated alkanes) is 1. The zero-order valence-corrected chi connectivity index (χ0v) is 10.8. The lowest BCUT2D eigenvalue weighted by Gasteiger charge is -2.10. The molecule has 0 aliphatic carbocycles. The minimum absolute atomic E-state index is 0.639. The Morgan fingerprint density at radius 2 is 1.87 bits per heavy atom. The van der Waals surface area contributed by atoms with Crippen LogP contribution in [0.2, 0.25) is 0 Å². The first-order chi connectivity index (χ1) is 7.08. The Morgan fingerprint density at radius 1 is 1.33 bits per heavy atom. The van der Waals surface area contributed by atoms with Gasteiger partial charge in [0, 0.05) is 0 Å². The van der Waals surface area contributed by atoms with Gasteiger partial charge in [0.1, 0.15) is 6.29 Å². The quantitative estimate of drug-likeness (QED) is 0.368. The molecule has 2 nitrogen and oxygen atoms in total. The second-order valence-corrected chi connectivity index (χ2v) is 4.18. The van der Waals surface area contributed by atoms with Crippen molar-refractivity contribution in [3.8, 4) is 0 Å². The Bertz CT molecular complexity index is 137. The van der Waals surface area contributed by atoms with Crippen molar-refractivity contribution in [2.45, 2.75) is 39.5 Å². The Hall–Kier alpha value is -0.630. The van der Waals surface area contributed by atoms with Gasteiger partial charge >= 0.3 is 0 Å². The zero-order chi connectivity index (χ0) is 12.1. The Kier molecular flexibility index (Phi) is 15.0. The zero-order valence-electron chi connectivity index (χ0n) is 10.8. The van der Waals surface area contributed by atoms with Crippen molar-refractivity contribution in [3.05, 3.63) is 12.7 Å². The Balaban J connectivity index is 0. The molecule has 0 aromatic heterocycles. The van der Waals surface area contributed by atoms with Gasteiger partial charge in [-0.3, -0.25) is 4.79 Å². The van der Waals surface area contributed by atoms with E-state index in [1.54, 1.807) is 0 Å². The number of carbonyl (C=O) groups excluding carboxylic acids is 1. The Morgan fingerprint density at radius 3 is 2.20 bits per heavy atom. The summed E-state index contributed by atoms with van der Waals surface area (Å²) in [5, 5.41) is 0. The first kappa shape index (κ1) is 16.8. The van der Waals surface area contributed by atoms with Gasteiger partial charge in [-0.15, -0.1) is 0 Å². The predicted octanol–water partition coefficient (Wildman–Crippen LogP) is 3.14. The molecule has 0 fully saturated rings. The molecule has 0 saturated carbocycles. The summed E-state index contributed by atoms with van der Waals surface area (Å²) in [6, 6.07) is 0. The molecule has 0 aromatic rings. The highest BCUT2D eigenvalue weighted by Gasteiger charge is 1.97. The molecule has 0 amide bonds. The van der Waals surface area contributed by atoms with E-state index in [0.717, 1.165) is 5.92 Å². The molecule has 0 radical (unpaired) electrons. The van der Waals surface area contributed by atoms with Gasteiger partial charge in [0.25, 0.3) is 0 Å². The lowest BCUT2D eigenvalue weighted by molar-refractivity contribution is -0.104. The fourth-order valence-corrected chi connectivity index (χ4v) is 1.12. The maximum Gasteiger partial charge on any atom is 0.142 e. The number of rotatable bonds is 7. The summed E-state index contributed by atoms with van der Waals surface area (Å²) < 4.78 is 0. The topological polar surface area (TPSA) is 20.3 Å². The third-order valence-electron chi connectivity index (χ3n) is 2.35. The maximum absolute atomic E-state index is 9.06. The highest BCUT2D eigenvalue weighted by molar-refractivity contribution is 5.63. The summed E-state index contributed by atoms with van der Waals surface area (Å²) in [4.78, 5) is 11.3. The highest BCUT2D eigenvalue weighted by atomic mass is 16.1. The van der Waals surface area contributed by atoms with Crippen LogP contribution in [0.3, 0.4) is 0 Å². The van der Waals surface area contributed by atoms with Gasteiger partial charge in [-0.05, 0) is 39.1 Å². The van der Waals surface area contributed by atoms with Crippen LogP contribution < -0.4 is 0 Å². The number of hydrogen-bond donors (Lipinski definition) is 0. The van der Waals surface area contributed by atoms with Crippen LogP contribution in [-0.2, 0) is 4.79 Å². The normalized spacial score (nSPS) is 11.5. The van der Waals surface area contributed by atoms with E-state index in [2.05, 4.69) is 39.4 Å². The molecule has 1 unspecified atom stereocenters. The van der Waals surface area contributed by atoms with Crippen LogP contribution in [0.1, 0.15) is 39.5 Å². The third kappa shape index (κ3) is 19.7. The number of allylic oxidation sites excluding steroid dienone is 1. The fourth-order valence-electron chi connectivity index (χ4n) is 1.12. The van der Waals surface area contributed by atoms with Crippen LogP contribution in [-0.4, -0.2) is 31.8 Å². The van der Waals surface area contributed by atoms with Gasteiger partial charge in [0.15, 0.2) is 0 Å². The largest absolute Gasteiger partial charge is 0.309 e. The standard InChI is InChI=1S/C10H23N.C3H4O/c1-5-10(2)8-6-7-9-11(3)4;1-2-3-4/h10H,5-9H2,1-4H3;2-3H,1H2. The average Bonchev–Trinajstić information content (AvgIpc) is 2.24. The number of hydrogen-bond acceptors (Lipinski definition) is 2. The summed E-state index contributed by atoms with van der Waals surface area (Å²) >= 11 is 0. The van der Waals surface area contributed by atoms with E-state index in [9.17, 15) is 0 Å². The summed E-state index contributed by atoms with van der Waals surface area (Å²) in [6.45, 7) is 8.97. The second kappa shape index (κ2) is 13.4. The minimum atomic E-state index is 0.639. The summed E-state index contributed by atoms with van der Waals surface area (Å²) in [7, 11) is 4.28. The van der Waals surface area contributed by atoms with E-state index in [-0.39, 0.29) is 0 Å². The van der Waals surface area contributed by atoms with Crippen molar-refractivity contribution in [2.75, 3.05) is 20.6 Å². The summed E-state index contributed by atoms with van der Waals surface area (Å²) in [5.74, 6) is 0.928. The minimum Gasteiger partial charge on any atom is -0.309 e. The van der Waals surface area contributed by atoms with Crippen molar-refractivity contribution in [3.63, 3.8) is 0 Å². The van der Waals surface area contributed by atoms with Crippen molar-refractivity contribution >= 4 is 6.29 Å². The monoisotopic (exact) mass is 213 g/mol. The molecule has 0 aromatic carbocycles. The van der Waals surface area contributed by atoms with Crippen molar-refractivity contribution in [1.29, 1.82) is 0 Å². The van der Waals surface area contributed by atoms with E-state index in [1.807, 2.05) is 0 Å². The first-order valence-electron chi connectivity index (χ1n) is 5.79. The third-order valence-corrected chi connectivity index (χ3v) is 2.35. The van der Waals surface area contributed by atoms with E-state index in [1.165, 1.54) is 38.3 Å². The van der Waals surface area contributed by atoms with Gasteiger partial charge in [0.05, 0.1) is 0 Å². The average molecular weight is 213 g/mol. The molecule has 90 valence electrons. The number of aldehydes is 1. The molecule has 0 aliphatic rings. The lowest BCUT2D eigenvalue weighted by Crippen LogP contribution is -2.12. The SMILES string of the molecule is C=CC=O.CCC(C)CCCCN(C)C. The van der Waals surface area contributed by atoms with Crippen LogP contribution in [0.15, 0.2) is 12.7 Å². The molecule has 0 rings (SSSR count). The molecule has 1 atom stereocenters. The second-order valence-electron chi connectivity index (χ2n) is 4.18. The number of nitrogens with zero attached hydrogens (tertiary/aromatic N) is 1. The molecule has 0 saturated heterocycles. The van der Waals surface area contributed by atoms with Crippen LogP contribution in [0.5, 0.6) is 0 Å². The van der Waals surface area contributed by atoms with Crippen LogP contribution in [0, 0.1) is 5.92 Å². The van der Waals surface area contributed by atoms with E-state index < -0.39 is 0 Å². The summed E-state index contributed by atoms with van der Waals surface area (Å²) in [5.41, 5.74) is 0. The van der Waals surface area contributed by atoms with Gasteiger partial charge in [-0.2, -0.15) is 0 Å². The van der Waals surface area contributed by atoms with Crippen molar-refractivity contribution in [2.24, 2.45) is 5.92 Å². The fraction of sp³-hybridized carbons (Fsp3) is 0.769. The molecule has 0 bridgehead atoms. The van der Waals surface area contributed by atoms with Crippen molar-refractivity contribution in [1.82, 2.24) is 4.90 Å². The van der Waals surface area contributed by atoms with Crippen molar-refractivity contribution < 1.29 is 4.79 Å². The summed E-state index contributed by atoms with van der Waals surface area (Å²) in [6.07, 6.45) is 7.33. The molecule has 0 heterocycles. The molecule has 0 spiro atoms. The van der Waals surface area contributed by atoms with Gasteiger partial charge in [-0.1, -0.05) is 39.7 Å². The highest BCUT2D eigenvalue weighted by Crippen LogP contribution is 2.10. The molecule has 0 aliphatic heterocycles. The van der Waals surface area contributed by atoms with E-state index >= 15 is 0 Å². The van der Waals surface area contributed by atoms with Crippen LogP contribution in [0.4, 0.5) is 0 Å². The molecule has 0 N–H and O–H groups in total. The van der Waals surface area contributed by atoms with E-state index in [0.29, 0.717) is 6.29 Å². The predicted molar refractivity (Wildman–Crippen MR) is 68.1 cm³/mol. The van der Waals surface area contributed by atoms with Gasteiger partial charge in [0.2, 0.25) is 0 Å². The van der Waals surface area contributed by atoms with Crippen LogP contribution >= 0.6 is 0 Å². The number of carbonyl (C=O) groups is 1. The molecular formula is C13H27NO. The van der Waals surface area contributed by atoms with Gasteiger partial charge < -0.3 is 4.90 Å². The molecular weight excluding hydrogens is 186 g/mol. The smallest absolute Gasteiger partial charge is 0.142 e. The maximum atomic E-state index is 9.06. The van der Waals surface area contributed by atoms with Crippen LogP contribution in [0.25, 0.3) is 0 Å².